The number of benzene rings is 1. The molecule has 0 aromatic heterocycles. The van der Waals surface area contributed by atoms with Crippen molar-refractivity contribution in [1.82, 2.24) is 0 Å². The van der Waals surface area contributed by atoms with Crippen molar-refractivity contribution in [2.75, 3.05) is 6.61 Å². The fourth-order valence-corrected chi connectivity index (χ4v) is 2.47. The van der Waals surface area contributed by atoms with Crippen LogP contribution in [0.4, 0.5) is 0 Å². The third-order valence-corrected chi connectivity index (χ3v) is 4.08. The first kappa shape index (κ1) is 21.7. The Bertz CT molecular complexity index is 719. The van der Waals surface area contributed by atoms with E-state index in [4.69, 9.17) is 19.3 Å². The number of aromatic hydroxyl groups is 2. The number of unbranched alkanes of at least 4 members (excludes halogenated alkanes) is 1. The average molecular weight is 402 g/mol. The van der Waals surface area contributed by atoms with Gasteiger partial charge in [0.1, 0.15) is 18.3 Å². The third-order valence-electron chi connectivity index (χ3n) is 4.08. The van der Waals surface area contributed by atoms with Crippen LogP contribution in [0.25, 0.3) is 0 Å². The van der Waals surface area contributed by atoms with Crippen molar-refractivity contribution in [2.45, 2.75) is 50.5 Å². The summed E-state index contributed by atoms with van der Waals surface area (Å²) in [7, 11) is 0. The van der Waals surface area contributed by atoms with E-state index in [0.717, 1.165) is 18.6 Å². The van der Waals surface area contributed by atoms with E-state index in [1.54, 1.807) is 0 Å². The zero-order valence-electron chi connectivity index (χ0n) is 14.9. The van der Waals surface area contributed by atoms with Crippen LogP contribution in [0.5, 0.6) is 17.2 Å². The summed E-state index contributed by atoms with van der Waals surface area (Å²) in [5, 5.41) is 58.2. The number of ether oxygens (including phenoxy) is 3. The van der Waals surface area contributed by atoms with E-state index < -0.39 is 59.9 Å². The van der Waals surface area contributed by atoms with Crippen molar-refractivity contribution in [3.05, 3.63) is 17.7 Å². The molecule has 0 aliphatic carbocycles. The molecule has 0 amide bonds. The molecular formula is C17H22O11. The first-order valence-electron chi connectivity index (χ1n) is 8.49. The van der Waals surface area contributed by atoms with E-state index in [2.05, 4.69) is 0 Å². The van der Waals surface area contributed by atoms with E-state index in [1.807, 2.05) is 6.92 Å². The molecule has 11 nitrogen and oxygen atoms in total. The molecule has 1 aromatic carbocycles. The zero-order chi connectivity index (χ0) is 21.0. The lowest BCUT2D eigenvalue weighted by molar-refractivity contribution is -0.271. The highest BCUT2D eigenvalue weighted by Gasteiger charge is 2.48. The predicted octanol–water partition coefficient (Wildman–Crippen LogP) is -0.674. The highest BCUT2D eigenvalue weighted by Crippen LogP contribution is 2.38. The second-order valence-electron chi connectivity index (χ2n) is 6.18. The van der Waals surface area contributed by atoms with Crippen LogP contribution in [0, 0.1) is 0 Å². The number of carbonyl (C=O) groups is 2. The van der Waals surface area contributed by atoms with Crippen LogP contribution in [-0.2, 0) is 14.3 Å². The molecule has 0 bridgehead atoms. The molecule has 1 saturated heterocycles. The maximum atomic E-state index is 12.0. The smallest absolute Gasteiger partial charge is 0.338 e. The Labute approximate surface area is 159 Å². The van der Waals surface area contributed by atoms with E-state index in [0.29, 0.717) is 6.42 Å². The molecule has 0 spiro atoms. The molecule has 0 saturated carbocycles. The van der Waals surface area contributed by atoms with Crippen LogP contribution in [0.1, 0.15) is 30.1 Å². The Morgan fingerprint density at radius 2 is 1.79 bits per heavy atom. The number of aliphatic hydroxyl groups is 3. The first-order chi connectivity index (χ1) is 13.2. The standard InChI is InChI=1S/C17H22O11/c1-2-3-4-26-16(25)7-5-8(18)10(19)9(6-7)27-17-13(22)11(20)12(21)14(28-17)15(23)24/h5-6,11-14,17-22H,2-4H2,1H3,(H,23,24)/t11-,12-,13+,14-,17+/m0/s1. The summed E-state index contributed by atoms with van der Waals surface area (Å²) < 4.78 is 15.1. The van der Waals surface area contributed by atoms with Crippen LogP contribution in [-0.4, -0.2) is 79.9 Å². The van der Waals surface area contributed by atoms with Gasteiger partial charge in [-0.05, 0) is 18.6 Å². The Hall–Kier alpha value is -2.60. The number of aliphatic hydroxyl groups excluding tert-OH is 3. The van der Waals surface area contributed by atoms with E-state index >= 15 is 0 Å². The molecule has 1 heterocycles. The fourth-order valence-electron chi connectivity index (χ4n) is 2.47. The summed E-state index contributed by atoms with van der Waals surface area (Å²) >= 11 is 0. The lowest BCUT2D eigenvalue weighted by atomic mass is 9.99. The number of hydrogen-bond acceptors (Lipinski definition) is 10. The minimum Gasteiger partial charge on any atom is -0.504 e. The van der Waals surface area contributed by atoms with Crippen LogP contribution < -0.4 is 4.74 Å². The molecule has 1 aromatic rings. The number of phenols is 2. The van der Waals surface area contributed by atoms with Crippen molar-refractivity contribution >= 4 is 11.9 Å². The number of hydrogen-bond donors (Lipinski definition) is 6. The van der Waals surface area contributed by atoms with Crippen molar-refractivity contribution in [3.8, 4) is 17.2 Å². The van der Waals surface area contributed by atoms with E-state index in [-0.39, 0.29) is 12.2 Å². The quantitative estimate of drug-likeness (QED) is 0.193. The van der Waals surface area contributed by atoms with Crippen LogP contribution in [0.2, 0.25) is 0 Å². The normalized spacial score (nSPS) is 27.2. The SMILES string of the molecule is CCCCOC(=O)c1cc(O)c(O)c(O[C@@H]2O[C@H](C(=O)O)[C@@H](O)[C@H](O)[C@H]2O)c1. The number of carboxylic acid groups (broad SMARTS) is 1. The number of rotatable bonds is 7. The van der Waals surface area contributed by atoms with Crippen molar-refractivity contribution < 1.29 is 54.4 Å². The Kier molecular flexibility index (Phi) is 7.02. The number of aliphatic carboxylic acids is 1. The van der Waals surface area contributed by atoms with Gasteiger partial charge in [-0.15, -0.1) is 0 Å². The molecule has 5 atom stereocenters. The fraction of sp³-hybridized carbons (Fsp3) is 0.529. The van der Waals surface area contributed by atoms with Gasteiger partial charge in [-0.25, -0.2) is 9.59 Å². The van der Waals surface area contributed by atoms with Gasteiger partial charge in [0.15, 0.2) is 17.6 Å². The monoisotopic (exact) mass is 402 g/mol. The Morgan fingerprint density at radius 3 is 2.39 bits per heavy atom. The number of carboxylic acids is 1. The lowest BCUT2D eigenvalue weighted by Crippen LogP contribution is -2.61. The summed E-state index contributed by atoms with van der Waals surface area (Å²) in [6.07, 6.45) is -8.05. The Morgan fingerprint density at radius 1 is 1.11 bits per heavy atom. The second kappa shape index (κ2) is 9.06. The van der Waals surface area contributed by atoms with E-state index in [1.165, 1.54) is 0 Å². The molecule has 0 unspecified atom stereocenters. The van der Waals surface area contributed by atoms with Crippen molar-refractivity contribution in [1.29, 1.82) is 0 Å². The molecular weight excluding hydrogens is 380 g/mol. The molecule has 2 rings (SSSR count). The molecule has 0 radical (unpaired) electrons. The van der Waals surface area contributed by atoms with Gasteiger partial charge in [-0.3, -0.25) is 0 Å². The number of phenolic OH excluding ortho intramolecular Hbond substituents is 2. The van der Waals surface area contributed by atoms with Crippen LogP contribution in [0.3, 0.4) is 0 Å². The largest absolute Gasteiger partial charge is 0.504 e. The topological polar surface area (TPSA) is 183 Å². The summed E-state index contributed by atoms with van der Waals surface area (Å²) in [6, 6.07) is 1.93. The van der Waals surface area contributed by atoms with Gasteiger partial charge in [-0.2, -0.15) is 0 Å². The summed E-state index contributed by atoms with van der Waals surface area (Å²) in [5.74, 6) is -4.50. The van der Waals surface area contributed by atoms with Gasteiger partial charge in [-0.1, -0.05) is 13.3 Å². The molecule has 11 heteroatoms. The molecule has 6 N–H and O–H groups in total. The molecule has 156 valence electrons. The van der Waals surface area contributed by atoms with Crippen LogP contribution in [0.15, 0.2) is 12.1 Å². The maximum absolute atomic E-state index is 12.0. The summed E-state index contributed by atoms with van der Waals surface area (Å²) in [6.45, 7) is 2.04. The van der Waals surface area contributed by atoms with Gasteiger partial charge in [0.25, 0.3) is 0 Å². The molecule has 28 heavy (non-hydrogen) atoms. The summed E-state index contributed by atoms with van der Waals surface area (Å²) in [5.41, 5.74) is -0.179. The minimum absolute atomic E-state index is 0.141. The molecule has 1 aliphatic rings. The second-order valence-corrected chi connectivity index (χ2v) is 6.18. The van der Waals surface area contributed by atoms with Crippen molar-refractivity contribution in [2.24, 2.45) is 0 Å². The van der Waals surface area contributed by atoms with Crippen molar-refractivity contribution in [3.63, 3.8) is 0 Å². The number of carbonyl (C=O) groups excluding carboxylic acids is 1. The predicted molar refractivity (Wildman–Crippen MR) is 89.9 cm³/mol. The van der Waals surface area contributed by atoms with Gasteiger partial charge < -0.3 is 44.8 Å². The zero-order valence-corrected chi connectivity index (χ0v) is 14.9. The van der Waals surface area contributed by atoms with Gasteiger partial charge in [0, 0.05) is 0 Å². The van der Waals surface area contributed by atoms with Gasteiger partial charge >= 0.3 is 11.9 Å². The highest BCUT2D eigenvalue weighted by atomic mass is 16.7. The van der Waals surface area contributed by atoms with Gasteiger partial charge in [0.2, 0.25) is 12.0 Å². The average Bonchev–Trinajstić information content (AvgIpc) is 2.65. The lowest BCUT2D eigenvalue weighted by Gasteiger charge is -2.38. The number of esters is 1. The Balaban J connectivity index is 2.24. The molecule has 1 aliphatic heterocycles. The summed E-state index contributed by atoms with van der Waals surface area (Å²) in [4.78, 5) is 23.1. The third kappa shape index (κ3) is 4.62. The van der Waals surface area contributed by atoms with Gasteiger partial charge in [0.05, 0.1) is 12.2 Å². The van der Waals surface area contributed by atoms with E-state index in [9.17, 15) is 35.1 Å². The first-order valence-corrected chi connectivity index (χ1v) is 8.49. The highest BCUT2D eigenvalue weighted by molar-refractivity contribution is 5.91. The molecule has 1 fully saturated rings. The minimum atomic E-state index is -1.92. The maximum Gasteiger partial charge on any atom is 0.338 e. The van der Waals surface area contributed by atoms with Crippen LogP contribution >= 0.6 is 0 Å².